The number of hydrogen-bond donors (Lipinski definition) is 0. The molecule has 152 valence electrons. The summed E-state index contributed by atoms with van der Waals surface area (Å²) >= 11 is 0. The number of para-hydroxylation sites is 1. The van der Waals surface area contributed by atoms with E-state index < -0.39 is 0 Å². The van der Waals surface area contributed by atoms with Crippen LogP contribution in [0.4, 0.5) is 0 Å². The first kappa shape index (κ1) is 17.6. The molecule has 3 heterocycles. The molecule has 0 saturated carbocycles. The lowest BCUT2D eigenvalue weighted by molar-refractivity contribution is 1.01. The predicted octanol–water partition coefficient (Wildman–Crippen LogP) is 7.48. The van der Waals surface area contributed by atoms with Gasteiger partial charge in [0.1, 0.15) is 0 Å². The van der Waals surface area contributed by atoms with E-state index in [0.717, 1.165) is 23.9 Å². The highest BCUT2D eigenvalue weighted by molar-refractivity contribution is 6.19. The second-order valence-corrected chi connectivity index (χ2v) is 8.42. The van der Waals surface area contributed by atoms with Crippen molar-refractivity contribution >= 4 is 49.2 Å². The molecular formula is C29H21N3. The minimum Gasteiger partial charge on any atom is -0.317 e. The Bertz CT molecular complexity index is 1720. The summed E-state index contributed by atoms with van der Waals surface area (Å²) in [6.07, 6.45) is 15.2. The van der Waals surface area contributed by atoms with Gasteiger partial charge in [-0.2, -0.15) is 0 Å². The Kier molecular flexibility index (Phi) is 3.67. The third-order valence-corrected chi connectivity index (χ3v) is 6.64. The van der Waals surface area contributed by atoms with Gasteiger partial charge in [-0.05, 0) is 37.1 Å². The zero-order valence-corrected chi connectivity index (χ0v) is 17.6. The molecule has 0 atom stereocenters. The maximum atomic E-state index is 4.60. The smallest absolute Gasteiger partial charge is 0.0724 e. The van der Waals surface area contributed by atoms with Crippen molar-refractivity contribution in [3.8, 4) is 5.69 Å². The van der Waals surface area contributed by atoms with E-state index >= 15 is 0 Å². The van der Waals surface area contributed by atoms with Crippen molar-refractivity contribution in [2.45, 2.75) is 12.8 Å². The van der Waals surface area contributed by atoms with E-state index in [4.69, 9.17) is 0 Å². The van der Waals surface area contributed by atoms with E-state index in [1.54, 1.807) is 0 Å². The number of fused-ring (bicyclic) bond motifs is 6. The maximum Gasteiger partial charge on any atom is 0.0724 e. The minimum atomic E-state index is 1.09. The summed E-state index contributed by atoms with van der Waals surface area (Å²) in [5.74, 6) is 0. The lowest BCUT2D eigenvalue weighted by Gasteiger charge is -2.13. The van der Waals surface area contributed by atoms with Gasteiger partial charge in [0.2, 0.25) is 0 Å². The molecule has 3 nitrogen and oxygen atoms in total. The first-order valence-electron chi connectivity index (χ1n) is 11.1. The van der Waals surface area contributed by atoms with E-state index in [9.17, 15) is 0 Å². The first-order valence-corrected chi connectivity index (χ1v) is 11.1. The van der Waals surface area contributed by atoms with Crippen LogP contribution in [0.3, 0.4) is 0 Å². The number of aromatic nitrogens is 3. The van der Waals surface area contributed by atoms with Gasteiger partial charge in [0.05, 0.1) is 28.4 Å². The van der Waals surface area contributed by atoms with Gasteiger partial charge in [-0.3, -0.25) is 4.98 Å². The van der Waals surface area contributed by atoms with Crippen LogP contribution in [0, 0.1) is 0 Å². The Balaban J connectivity index is 1.65. The topological polar surface area (TPSA) is 22.8 Å². The molecule has 6 aromatic rings. The lowest BCUT2D eigenvalue weighted by Crippen LogP contribution is -1.97. The van der Waals surface area contributed by atoms with Crippen molar-refractivity contribution in [1.29, 1.82) is 0 Å². The van der Waals surface area contributed by atoms with Crippen molar-refractivity contribution in [3.05, 3.63) is 104 Å². The highest BCUT2D eigenvalue weighted by atomic mass is 15.0. The molecule has 0 saturated heterocycles. The molecule has 3 aromatic heterocycles. The second kappa shape index (κ2) is 6.69. The van der Waals surface area contributed by atoms with Crippen LogP contribution in [0.15, 0.2) is 104 Å². The van der Waals surface area contributed by atoms with Crippen molar-refractivity contribution in [1.82, 2.24) is 14.1 Å². The quantitative estimate of drug-likeness (QED) is 0.290. The molecule has 0 spiro atoms. The van der Waals surface area contributed by atoms with Gasteiger partial charge >= 0.3 is 0 Å². The molecule has 7 rings (SSSR count). The van der Waals surface area contributed by atoms with Crippen molar-refractivity contribution in [3.63, 3.8) is 0 Å². The summed E-state index contributed by atoms with van der Waals surface area (Å²) in [6, 6.07) is 24.0. The number of nitrogens with zero attached hydrogens (tertiary/aromatic N) is 3. The van der Waals surface area contributed by atoms with Gasteiger partial charge in [-0.25, -0.2) is 0 Å². The summed E-state index contributed by atoms with van der Waals surface area (Å²) < 4.78 is 4.71. The summed E-state index contributed by atoms with van der Waals surface area (Å²) in [5, 5.41) is 6.15. The summed E-state index contributed by atoms with van der Waals surface area (Å²) in [6.45, 7) is 0. The number of allylic oxidation sites excluding steroid dienone is 4. The van der Waals surface area contributed by atoms with Gasteiger partial charge in [-0.15, -0.1) is 0 Å². The number of hydrogen-bond acceptors (Lipinski definition) is 1. The van der Waals surface area contributed by atoms with Crippen LogP contribution in [-0.4, -0.2) is 14.1 Å². The van der Waals surface area contributed by atoms with Gasteiger partial charge in [0.25, 0.3) is 0 Å². The molecule has 0 bridgehead atoms. The van der Waals surface area contributed by atoms with Crippen LogP contribution < -0.4 is 0 Å². The fourth-order valence-electron chi connectivity index (χ4n) is 5.21. The molecule has 0 amide bonds. The van der Waals surface area contributed by atoms with Crippen LogP contribution in [0.25, 0.3) is 54.9 Å². The molecule has 3 aromatic carbocycles. The van der Waals surface area contributed by atoms with Crippen molar-refractivity contribution < 1.29 is 0 Å². The summed E-state index contributed by atoms with van der Waals surface area (Å²) in [5.41, 5.74) is 6.04. The van der Waals surface area contributed by atoms with Crippen LogP contribution in [0.2, 0.25) is 0 Å². The lowest BCUT2D eigenvalue weighted by atomic mass is 10.1. The number of rotatable bonds is 2. The Hall–Kier alpha value is -4.11. The van der Waals surface area contributed by atoms with Gasteiger partial charge in [-0.1, -0.05) is 60.7 Å². The Morgan fingerprint density at radius 1 is 0.688 bits per heavy atom. The Morgan fingerprint density at radius 3 is 2.47 bits per heavy atom. The molecule has 0 unspecified atom stereocenters. The molecule has 0 fully saturated rings. The average molecular weight is 412 g/mol. The minimum absolute atomic E-state index is 1.09. The predicted molar refractivity (Wildman–Crippen MR) is 134 cm³/mol. The van der Waals surface area contributed by atoms with Gasteiger partial charge in [0, 0.05) is 45.0 Å². The SMILES string of the molecule is C1=CC(n2ccc3c2ccc2c4ccccc4n(-c4cncc5ccccc45)c23)=CCC1. The molecule has 1 aliphatic rings. The standard InChI is InChI=1S/C29H21N3/c1-2-9-21(10-3-1)31-17-16-25-26(31)15-14-24-23-12-6-7-13-27(23)32(29(24)25)28-19-30-18-20-8-4-5-11-22(20)28/h2,4-19H,1,3H2. The van der Waals surface area contributed by atoms with Crippen LogP contribution in [-0.2, 0) is 0 Å². The van der Waals surface area contributed by atoms with Gasteiger partial charge in [0.15, 0.2) is 0 Å². The number of pyridine rings is 1. The van der Waals surface area contributed by atoms with E-state index in [0.29, 0.717) is 0 Å². The number of benzene rings is 3. The third kappa shape index (κ3) is 2.39. The van der Waals surface area contributed by atoms with E-state index in [-0.39, 0.29) is 0 Å². The van der Waals surface area contributed by atoms with Crippen LogP contribution >= 0.6 is 0 Å². The molecule has 32 heavy (non-hydrogen) atoms. The molecule has 1 aliphatic carbocycles. The zero-order chi connectivity index (χ0) is 21.1. The van der Waals surface area contributed by atoms with Crippen LogP contribution in [0.1, 0.15) is 12.8 Å². The van der Waals surface area contributed by atoms with Crippen molar-refractivity contribution in [2.24, 2.45) is 0 Å². The maximum absolute atomic E-state index is 4.60. The highest BCUT2D eigenvalue weighted by Crippen LogP contribution is 2.39. The summed E-state index contributed by atoms with van der Waals surface area (Å²) in [4.78, 5) is 4.60. The third-order valence-electron chi connectivity index (χ3n) is 6.64. The first-order chi connectivity index (χ1) is 15.9. The normalized spacial score (nSPS) is 14.1. The van der Waals surface area contributed by atoms with E-state index in [1.807, 2.05) is 12.4 Å². The monoisotopic (exact) mass is 411 g/mol. The fourth-order valence-corrected chi connectivity index (χ4v) is 5.21. The molecule has 0 radical (unpaired) electrons. The second-order valence-electron chi connectivity index (χ2n) is 8.42. The average Bonchev–Trinajstić information content (AvgIpc) is 3.44. The molecule has 3 heteroatoms. The van der Waals surface area contributed by atoms with Crippen LogP contribution in [0.5, 0.6) is 0 Å². The largest absolute Gasteiger partial charge is 0.317 e. The Labute approximate surface area is 185 Å². The molecule has 0 N–H and O–H groups in total. The van der Waals surface area contributed by atoms with E-state index in [2.05, 4.69) is 105 Å². The zero-order valence-electron chi connectivity index (χ0n) is 17.6. The molecule has 0 aliphatic heterocycles. The Morgan fingerprint density at radius 2 is 1.56 bits per heavy atom. The highest BCUT2D eigenvalue weighted by Gasteiger charge is 2.18. The summed E-state index contributed by atoms with van der Waals surface area (Å²) in [7, 11) is 0. The van der Waals surface area contributed by atoms with Crippen molar-refractivity contribution in [2.75, 3.05) is 0 Å². The van der Waals surface area contributed by atoms with E-state index in [1.165, 1.54) is 43.8 Å². The molecular weight excluding hydrogens is 390 g/mol. The van der Waals surface area contributed by atoms with Gasteiger partial charge < -0.3 is 9.13 Å². The fraction of sp³-hybridized carbons (Fsp3) is 0.0690.